The molecule has 0 heterocycles. The molecule has 0 aliphatic carbocycles. The van der Waals surface area contributed by atoms with Gasteiger partial charge in [-0.3, -0.25) is 0 Å². The van der Waals surface area contributed by atoms with Crippen molar-refractivity contribution in [3.63, 3.8) is 0 Å². The Morgan fingerprint density at radius 3 is 1.00 bits per heavy atom. The van der Waals surface area contributed by atoms with Crippen LogP contribution in [0.4, 0.5) is 26.3 Å². The Hall–Kier alpha value is 0.160. The van der Waals surface area contributed by atoms with Crippen LogP contribution in [0, 0.1) is 0 Å². The Labute approximate surface area is 67.1 Å². The zero-order chi connectivity index (χ0) is 9.50. The zero-order valence-corrected chi connectivity index (χ0v) is 6.04. The fraction of sp³-hybridized carbons (Fsp3) is 1.00. The van der Waals surface area contributed by atoms with Gasteiger partial charge in [0.2, 0.25) is 0 Å². The first-order valence-corrected chi connectivity index (χ1v) is 2.77. The van der Waals surface area contributed by atoms with Crippen molar-refractivity contribution in [2.45, 2.75) is 16.7 Å². The van der Waals surface area contributed by atoms with Gasteiger partial charge in [-0.15, -0.1) is 0 Å². The van der Waals surface area contributed by atoms with E-state index in [1.54, 1.807) is 0 Å². The molecule has 0 fully saturated rings. The van der Waals surface area contributed by atoms with Crippen LogP contribution < -0.4 is 0 Å². The number of hydrogen-bond acceptors (Lipinski definition) is 0. The maximum absolute atomic E-state index is 11.7. The van der Waals surface area contributed by atoms with Crippen LogP contribution in [0.5, 0.6) is 0 Å². The molecule has 0 atom stereocenters. The highest BCUT2D eigenvalue weighted by Gasteiger charge is 2.71. The monoisotopic (exact) mass is 220 g/mol. The average molecular weight is 221 g/mol. The third-order valence-electron chi connectivity index (χ3n) is 0.712. The molecule has 0 saturated heterocycles. The van der Waals surface area contributed by atoms with Crippen LogP contribution in [0.3, 0.4) is 0 Å². The number of hydrogen-bond donors (Lipinski definition) is 0. The molecule has 0 rings (SSSR count). The highest BCUT2D eigenvalue weighted by molar-refractivity contribution is 6.47. The van der Waals surface area contributed by atoms with Crippen LogP contribution in [0.25, 0.3) is 0 Å². The summed E-state index contributed by atoms with van der Waals surface area (Å²) in [4.78, 5) is 0. The van der Waals surface area contributed by atoms with Crippen LogP contribution in [-0.4, -0.2) is 16.7 Å². The minimum atomic E-state index is -6.09. The van der Waals surface area contributed by atoms with E-state index in [0.717, 1.165) is 0 Å². The van der Waals surface area contributed by atoms with Gasteiger partial charge in [0, 0.05) is 0 Å². The Morgan fingerprint density at radius 1 is 0.727 bits per heavy atom. The van der Waals surface area contributed by atoms with Crippen LogP contribution in [-0.2, 0) is 0 Å². The predicted octanol–water partition coefficient (Wildman–Crippen LogP) is 3.28. The van der Waals surface area contributed by atoms with Crippen LogP contribution in [0.1, 0.15) is 0 Å². The van der Waals surface area contributed by atoms with E-state index in [9.17, 15) is 26.3 Å². The van der Waals surface area contributed by atoms with Gasteiger partial charge in [-0.2, -0.15) is 22.0 Å². The minimum absolute atomic E-state index is 3.94. The molecule has 0 radical (unpaired) electrons. The number of rotatable bonds is 1. The largest absolute Gasteiger partial charge is 0.459 e. The molecule has 0 aromatic carbocycles. The first-order chi connectivity index (χ1) is 4.50. The molecule has 0 saturated carbocycles. The molecule has 0 aliphatic rings. The lowest BCUT2D eigenvalue weighted by Crippen LogP contribution is -2.48. The first kappa shape index (κ1) is 11.2. The fourth-order valence-electron chi connectivity index (χ4n) is 0.161. The smallest absolute Gasteiger partial charge is 0.201 e. The molecule has 0 aromatic heterocycles. The van der Waals surface area contributed by atoms with Crippen molar-refractivity contribution < 1.29 is 26.3 Å². The lowest BCUT2D eigenvalue weighted by Gasteiger charge is -2.24. The Balaban J connectivity index is 4.75. The SMILES string of the molecule is FC(F)(F)C(F)(F)C(F)(Cl)Cl. The Kier molecular flexibility index (Phi) is 2.62. The molecule has 0 bridgehead atoms. The predicted molar refractivity (Wildman–Crippen MR) is 26.5 cm³/mol. The second kappa shape index (κ2) is 2.58. The van der Waals surface area contributed by atoms with E-state index in [-0.39, 0.29) is 0 Å². The molecule has 0 N–H and O–H groups in total. The maximum atomic E-state index is 11.7. The van der Waals surface area contributed by atoms with E-state index in [2.05, 4.69) is 23.2 Å². The van der Waals surface area contributed by atoms with Crippen molar-refractivity contribution >= 4 is 23.2 Å². The lowest BCUT2D eigenvalue weighted by molar-refractivity contribution is -0.299. The van der Waals surface area contributed by atoms with E-state index in [1.165, 1.54) is 0 Å². The van der Waals surface area contributed by atoms with Crippen molar-refractivity contribution in [1.82, 2.24) is 0 Å². The summed E-state index contributed by atoms with van der Waals surface area (Å²) >= 11 is 7.88. The van der Waals surface area contributed by atoms with Crippen molar-refractivity contribution in [1.29, 1.82) is 0 Å². The fourth-order valence-corrected chi connectivity index (χ4v) is 0.375. The van der Waals surface area contributed by atoms with Gasteiger partial charge in [0.05, 0.1) is 0 Å². The molecule has 11 heavy (non-hydrogen) atoms. The summed E-state index contributed by atoms with van der Waals surface area (Å²) in [6.07, 6.45) is -6.09. The number of halogens is 8. The van der Waals surface area contributed by atoms with Gasteiger partial charge in [0.15, 0.2) is 0 Å². The summed E-state index contributed by atoms with van der Waals surface area (Å²) in [5.74, 6) is -5.76. The average Bonchev–Trinajstić information content (AvgIpc) is 1.58. The van der Waals surface area contributed by atoms with E-state index in [1.807, 2.05) is 0 Å². The van der Waals surface area contributed by atoms with Crippen LogP contribution >= 0.6 is 23.2 Å². The Morgan fingerprint density at radius 2 is 1.00 bits per heavy atom. The summed E-state index contributed by atoms with van der Waals surface area (Å²) in [6.45, 7) is 0. The third kappa shape index (κ3) is 2.05. The van der Waals surface area contributed by atoms with Gasteiger partial charge in [-0.05, 0) is 0 Å². The molecule has 0 nitrogen and oxygen atoms in total. The maximum Gasteiger partial charge on any atom is 0.459 e. The van der Waals surface area contributed by atoms with Gasteiger partial charge in [0.25, 0.3) is 0 Å². The van der Waals surface area contributed by atoms with Crippen molar-refractivity contribution in [3.8, 4) is 0 Å². The van der Waals surface area contributed by atoms with Gasteiger partial charge in [0.1, 0.15) is 0 Å². The van der Waals surface area contributed by atoms with Crippen molar-refractivity contribution in [3.05, 3.63) is 0 Å². The molecule has 0 aliphatic heterocycles. The van der Waals surface area contributed by atoms with Crippen LogP contribution in [0.2, 0.25) is 0 Å². The molecule has 0 aromatic rings. The molecule has 0 unspecified atom stereocenters. The van der Waals surface area contributed by atoms with Crippen molar-refractivity contribution in [2.75, 3.05) is 0 Å². The standard InChI is InChI=1S/C3Cl2F6/c4-2(5,8)1(6,7)3(9,10)11. The van der Waals surface area contributed by atoms with Gasteiger partial charge in [-0.25, -0.2) is 4.39 Å². The molecular formula is C3Cl2F6. The zero-order valence-electron chi connectivity index (χ0n) is 4.52. The summed E-state index contributed by atoms with van der Waals surface area (Å²) in [5.41, 5.74) is 0. The molecule has 0 spiro atoms. The van der Waals surface area contributed by atoms with Gasteiger partial charge < -0.3 is 0 Å². The molecule has 8 heteroatoms. The molecule has 0 amide bonds. The first-order valence-electron chi connectivity index (χ1n) is 2.01. The summed E-state index contributed by atoms with van der Waals surface area (Å²) in [6, 6.07) is 0. The normalized spacial score (nSPS) is 15.3. The van der Waals surface area contributed by atoms with Gasteiger partial charge in [-0.1, -0.05) is 23.2 Å². The minimum Gasteiger partial charge on any atom is -0.201 e. The van der Waals surface area contributed by atoms with E-state index >= 15 is 0 Å². The highest BCUT2D eigenvalue weighted by atomic mass is 35.5. The highest BCUT2D eigenvalue weighted by Crippen LogP contribution is 2.49. The molecular weight excluding hydrogens is 221 g/mol. The van der Waals surface area contributed by atoms with Gasteiger partial charge >= 0.3 is 16.7 Å². The summed E-state index contributed by atoms with van der Waals surface area (Å²) < 4.78 is 63.9. The molecule has 68 valence electrons. The Bertz CT molecular complexity index is 127. The van der Waals surface area contributed by atoms with E-state index in [4.69, 9.17) is 0 Å². The summed E-state index contributed by atoms with van der Waals surface area (Å²) in [5, 5.41) is 0. The quantitative estimate of drug-likeness (QED) is 0.470. The second-order valence-corrected chi connectivity index (χ2v) is 2.81. The second-order valence-electron chi connectivity index (χ2n) is 1.57. The third-order valence-corrected chi connectivity index (χ3v) is 1.19. The van der Waals surface area contributed by atoms with Crippen molar-refractivity contribution in [2.24, 2.45) is 0 Å². The topological polar surface area (TPSA) is 0 Å². The van der Waals surface area contributed by atoms with Crippen LogP contribution in [0.15, 0.2) is 0 Å². The summed E-state index contributed by atoms with van der Waals surface area (Å²) in [7, 11) is 0. The van der Waals surface area contributed by atoms with E-state index in [0.29, 0.717) is 0 Å². The number of alkyl halides is 8. The lowest BCUT2D eigenvalue weighted by atomic mass is 10.3. The van der Waals surface area contributed by atoms with E-state index < -0.39 is 16.7 Å².